The highest BCUT2D eigenvalue weighted by Gasteiger charge is 2.53. The first-order valence-corrected chi connectivity index (χ1v) is 17.6. The maximum absolute atomic E-state index is 2.50. The van der Waals surface area contributed by atoms with E-state index >= 15 is 0 Å². The minimum atomic E-state index is -0.436. The van der Waals surface area contributed by atoms with Crippen molar-refractivity contribution in [2.24, 2.45) is 0 Å². The quantitative estimate of drug-likeness (QED) is 0.188. The molecule has 1 nitrogen and oxygen atoms in total. The Morgan fingerprint density at radius 1 is 0.438 bits per heavy atom. The van der Waals surface area contributed by atoms with E-state index in [0.717, 1.165) is 11.4 Å². The van der Waals surface area contributed by atoms with Gasteiger partial charge in [0.25, 0.3) is 0 Å². The van der Waals surface area contributed by atoms with Gasteiger partial charge in [-0.15, -0.1) is 11.3 Å². The molecule has 0 unspecified atom stereocenters. The van der Waals surface area contributed by atoms with Gasteiger partial charge in [-0.2, -0.15) is 0 Å². The van der Waals surface area contributed by atoms with E-state index in [9.17, 15) is 0 Å². The lowest BCUT2D eigenvalue weighted by molar-refractivity contribution is 0.563. The third-order valence-electron chi connectivity index (χ3n) is 10.9. The van der Waals surface area contributed by atoms with Gasteiger partial charge in [0.15, 0.2) is 0 Å². The minimum absolute atomic E-state index is 0.126. The lowest BCUT2D eigenvalue weighted by Gasteiger charge is -2.46. The first-order valence-electron chi connectivity index (χ1n) is 16.8. The monoisotopic (exact) mass is 631 g/mol. The van der Waals surface area contributed by atoms with Crippen LogP contribution in [0.4, 0.5) is 17.1 Å². The Labute approximate surface area is 285 Å². The van der Waals surface area contributed by atoms with Gasteiger partial charge in [0.05, 0.1) is 11.1 Å². The Balaban J connectivity index is 1.31. The molecule has 0 fully saturated rings. The zero-order valence-corrected chi connectivity index (χ0v) is 27.8. The maximum Gasteiger partial charge on any atom is 0.0720 e. The summed E-state index contributed by atoms with van der Waals surface area (Å²) in [6.07, 6.45) is 0. The molecule has 2 aliphatic carbocycles. The standard InChI is InChI=1S/C46H33NS/c1-45(2)36-20-9-11-22-38(36)46(39-23-12-10-21-37(39)45)35-19-8-6-17-32(35)33-28-27-31(29-40(33)46)47(30-15-4-3-5-16-30)41-24-14-26-43-44(41)34-18-7-13-25-42(34)48-43/h3-29H,1-2H3. The molecule has 0 N–H and O–H groups in total. The van der Waals surface area contributed by atoms with Crippen LogP contribution in [0.3, 0.4) is 0 Å². The Hall–Kier alpha value is -5.44. The van der Waals surface area contributed by atoms with E-state index in [4.69, 9.17) is 0 Å². The van der Waals surface area contributed by atoms with E-state index < -0.39 is 5.41 Å². The third-order valence-corrected chi connectivity index (χ3v) is 12.1. The second-order valence-corrected chi connectivity index (χ2v) is 14.7. The molecule has 8 aromatic rings. The number of anilines is 3. The van der Waals surface area contributed by atoms with Crippen molar-refractivity contribution in [1.29, 1.82) is 0 Å². The lowest BCUT2D eigenvalue weighted by Crippen LogP contribution is -2.40. The van der Waals surface area contributed by atoms with Crippen LogP contribution in [0, 0.1) is 0 Å². The van der Waals surface area contributed by atoms with E-state index in [0.29, 0.717) is 0 Å². The van der Waals surface area contributed by atoms with Gasteiger partial charge >= 0.3 is 0 Å². The summed E-state index contributed by atoms with van der Waals surface area (Å²) < 4.78 is 2.62. The summed E-state index contributed by atoms with van der Waals surface area (Å²) in [6, 6.07) is 61.1. The highest BCUT2D eigenvalue weighted by atomic mass is 32.1. The Kier molecular flexibility index (Phi) is 5.78. The fourth-order valence-corrected chi connectivity index (χ4v) is 10.1. The van der Waals surface area contributed by atoms with Crippen LogP contribution in [0.15, 0.2) is 164 Å². The zero-order valence-electron chi connectivity index (χ0n) is 26.9. The summed E-state index contributed by atoms with van der Waals surface area (Å²) in [5.41, 5.74) is 13.8. The molecule has 1 aromatic heterocycles. The summed E-state index contributed by atoms with van der Waals surface area (Å²) in [4.78, 5) is 2.48. The van der Waals surface area contributed by atoms with Crippen molar-refractivity contribution in [3.8, 4) is 11.1 Å². The van der Waals surface area contributed by atoms with Crippen LogP contribution < -0.4 is 4.90 Å². The Bertz CT molecular complexity index is 2500. The lowest BCUT2D eigenvalue weighted by atomic mass is 9.55. The van der Waals surface area contributed by atoms with E-state index in [-0.39, 0.29) is 5.41 Å². The van der Waals surface area contributed by atoms with Crippen molar-refractivity contribution in [3.05, 3.63) is 197 Å². The van der Waals surface area contributed by atoms with Crippen LogP contribution in [0.2, 0.25) is 0 Å². The molecule has 0 bridgehead atoms. The summed E-state index contributed by atoms with van der Waals surface area (Å²) in [6.45, 7) is 4.78. The van der Waals surface area contributed by atoms with Gasteiger partial charge in [0.2, 0.25) is 0 Å². The molecule has 0 aliphatic heterocycles. The number of thiophene rings is 1. The Morgan fingerprint density at radius 3 is 1.77 bits per heavy atom. The molecule has 7 aromatic carbocycles. The van der Waals surface area contributed by atoms with Gasteiger partial charge in [0.1, 0.15) is 0 Å². The highest BCUT2D eigenvalue weighted by molar-refractivity contribution is 7.26. The molecule has 2 heteroatoms. The van der Waals surface area contributed by atoms with Crippen molar-refractivity contribution in [2.45, 2.75) is 24.7 Å². The summed E-state index contributed by atoms with van der Waals surface area (Å²) >= 11 is 1.87. The molecule has 2 aliphatic rings. The van der Waals surface area contributed by atoms with Crippen LogP contribution in [0.25, 0.3) is 31.3 Å². The number of fused-ring (bicyclic) bond motifs is 12. The second-order valence-electron chi connectivity index (χ2n) is 13.7. The Morgan fingerprint density at radius 2 is 1.02 bits per heavy atom. The average Bonchev–Trinajstić information content (AvgIpc) is 3.66. The van der Waals surface area contributed by atoms with Gasteiger partial charge in [-0.25, -0.2) is 0 Å². The average molecular weight is 632 g/mol. The molecule has 10 rings (SSSR count). The summed E-state index contributed by atoms with van der Waals surface area (Å²) in [5.74, 6) is 0. The molecule has 48 heavy (non-hydrogen) atoms. The van der Waals surface area contributed by atoms with Crippen molar-refractivity contribution in [2.75, 3.05) is 4.90 Å². The number of hydrogen-bond donors (Lipinski definition) is 0. The van der Waals surface area contributed by atoms with Gasteiger partial charge in [0, 0.05) is 37.0 Å². The number of nitrogens with zero attached hydrogens (tertiary/aromatic N) is 1. The van der Waals surface area contributed by atoms with E-state index in [2.05, 4.69) is 183 Å². The van der Waals surface area contributed by atoms with Crippen LogP contribution in [-0.4, -0.2) is 0 Å². The number of hydrogen-bond acceptors (Lipinski definition) is 2. The second kappa shape index (κ2) is 10.0. The fourth-order valence-electron chi connectivity index (χ4n) is 8.93. The third kappa shape index (κ3) is 3.56. The van der Waals surface area contributed by atoms with Crippen LogP contribution in [0.1, 0.15) is 47.2 Å². The van der Waals surface area contributed by atoms with Crippen LogP contribution >= 0.6 is 11.3 Å². The summed E-state index contributed by atoms with van der Waals surface area (Å²) in [5, 5.41) is 2.60. The molecule has 0 saturated heterocycles. The van der Waals surface area contributed by atoms with Gasteiger partial charge < -0.3 is 4.90 Å². The van der Waals surface area contributed by atoms with Crippen molar-refractivity contribution >= 4 is 48.6 Å². The normalized spacial score (nSPS) is 14.8. The highest BCUT2D eigenvalue weighted by Crippen LogP contribution is 2.62. The maximum atomic E-state index is 2.50. The first-order chi connectivity index (χ1) is 23.6. The number of para-hydroxylation sites is 1. The van der Waals surface area contributed by atoms with Gasteiger partial charge in [-0.05, 0) is 87.0 Å². The van der Waals surface area contributed by atoms with E-state index in [1.165, 1.54) is 70.4 Å². The molecule has 0 amide bonds. The topological polar surface area (TPSA) is 3.24 Å². The SMILES string of the molecule is CC1(C)c2ccccc2C2(c3ccccc3-c3ccc(N(c4ccccc4)c4cccc5sc6ccccc6c45)cc32)c2ccccc21. The molecule has 1 spiro atoms. The number of benzene rings is 7. The van der Waals surface area contributed by atoms with Crippen molar-refractivity contribution < 1.29 is 0 Å². The molecule has 228 valence electrons. The number of rotatable bonds is 3. The molecule has 0 saturated carbocycles. The van der Waals surface area contributed by atoms with Crippen LogP contribution in [-0.2, 0) is 10.8 Å². The predicted molar refractivity (Wildman–Crippen MR) is 203 cm³/mol. The van der Waals surface area contributed by atoms with Gasteiger partial charge in [-0.3, -0.25) is 0 Å². The molecule has 0 atom stereocenters. The zero-order chi connectivity index (χ0) is 32.0. The van der Waals surface area contributed by atoms with E-state index in [1.807, 2.05) is 11.3 Å². The van der Waals surface area contributed by atoms with Crippen LogP contribution in [0.5, 0.6) is 0 Å². The molecular weight excluding hydrogens is 599 g/mol. The fraction of sp³-hybridized carbons (Fsp3) is 0.0870. The molecule has 0 radical (unpaired) electrons. The van der Waals surface area contributed by atoms with Gasteiger partial charge in [-0.1, -0.05) is 135 Å². The molecule has 1 heterocycles. The largest absolute Gasteiger partial charge is 0.310 e. The predicted octanol–water partition coefficient (Wildman–Crippen LogP) is 12.5. The van der Waals surface area contributed by atoms with Crippen molar-refractivity contribution in [1.82, 2.24) is 0 Å². The minimum Gasteiger partial charge on any atom is -0.310 e. The summed E-state index contributed by atoms with van der Waals surface area (Å²) in [7, 11) is 0. The van der Waals surface area contributed by atoms with Crippen molar-refractivity contribution in [3.63, 3.8) is 0 Å². The molecular formula is C46H33NS. The first kappa shape index (κ1) is 27.7. The van der Waals surface area contributed by atoms with E-state index in [1.54, 1.807) is 0 Å². The smallest absolute Gasteiger partial charge is 0.0720 e.